The van der Waals surface area contributed by atoms with Crippen LogP contribution >= 0.6 is 11.3 Å². The van der Waals surface area contributed by atoms with E-state index in [0.29, 0.717) is 24.0 Å². The fraction of sp³-hybridized carbons (Fsp3) is 0.125. The lowest BCUT2D eigenvalue weighted by Gasteiger charge is -2.08. The van der Waals surface area contributed by atoms with Gasteiger partial charge in [0.05, 0.1) is 18.4 Å². The molecule has 2 N–H and O–H groups in total. The fourth-order valence-electron chi connectivity index (χ4n) is 2.88. The molecule has 0 saturated carbocycles. The Balaban J connectivity index is 1.21. The molecule has 4 aromatic rings. The molecule has 0 bridgehead atoms. The molecule has 162 valence electrons. The molecular formula is C24H21N3O4S. The third kappa shape index (κ3) is 6.05. The Labute approximate surface area is 189 Å². The molecule has 2 heterocycles. The van der Waals surface area contributed by atoms with Crippen molar-refractivity contribution in [2.75, 3.05) is 5.32 Å². The predicted octanol–water partition coefficient (Wildman–Crippen LogP) is 4.43. The van der Waals surface area contributed by atoms with Crippen LogP contribution in [0.3, 0.4) is 0 Å². The molecule has 2 aromatic heterocycles. The lowest BCUT2D eigenvalue weighted by molar-refractivity contribution is -0.120. The molecular weight excluding hydrogens is 426 g/mol. The van der Waals surface area contributed by atoms with Crippen LogP contribution in [0.5, 0.6) is 5.75 Å². The third-order valence-corrected chi connectivity index (χ3v) is 5.33. The summed E-state index contributed by atoms with van der Waals surface area (Å²) in [6.45, 7) is 0.907. The molecule has 0 aliphatic heterocycles. The number of amides is 2. The van der Waals surface area contributed by atoms with Crippen LogP contribution in [0.1, 0.15) is 27.4 Å². The summed E-state index contributed by atoms with van der Waals surface area (Å²) in [7, 11) is 0. The van der Waals surface area contributed by atoms with E-state index in [0.717, 1.165) is 16.9 Å². The highest BCUT2D eigenvalue weighted by atomic mass is 32.1. The molecule has 0 spiro atoms. The summed E-state index contributed by atoms with van der Waals surface area (Å²) in [6.07, 6.45) is 1.56. The maximum Gasteiger partial charge on any atom is 0.293 e. The van der Waals surface area contributed by atoms with Crippen LogP contribution in [0.4, 0.5) is 5.13 Å². The van der Waals surface area contributed by atoms with Gasteiger partial charge in [-0.15, -0.1) is 11.3 Å². The van der Waals surface area contributed by atoms with E-state index in [2.05, 4.69) is 15.6 Å². The van der Waals surface area contributed by atoms with Crippen molar-refractivity contribution < 1.29 is 18.7 Å². The van der Waals surface area contributed by atoms with E-state index in [-0.39, 0.29) is 24.0 Å². The summed E-state index contributed by atoms with van der Waals surface area (Å²) in [5.74, 6) is 0.514. The van der Waals surface area contributed by atoms with E-state index >= 15 is 0 Å². The number of nitrogens with zero attached hydrogens (tertiary/aromatic N) is 1. The number of thiazole rings is 1. The summed E-state index contributed by atoms with van der Waals surface area (Å²) in [5, 5.41) is 7.71. The van der Waals surface area contributed by atoms with Crippen molar-refractivity contribution >= 4 is 28.3 Å². The van der Waals surface area contributed by atoms with Gasteiger partial charge in [-0.05, 0) is 35.4 Å². The van der Waals surface area contributed by atoms with Crippen molar-refractivity contribution in [1.29, 1.82) is 0 Å². The van der Waals surface area contributed by atoms with Crippen molar-refractivity contribution in [2.24, 2.45) is 0 Å². The van der Waals surface area contributed by atoms with Crippen LogP contribution < -0.4 is 15.4 Å². The number of para-hydroxylation sites is 1. The third-order valence-electron chi connectivity index (χ3n) is 4.52. The topological polar surface area (TPSA) is 93.5 Å². The molecule has 4 rings (SSSR count). The Morgan fingerprint density at radius 1 is 0.969 bits per heavy atom. The average molecular weight is 448 g/mol. The Morgan fingerprint density at radius 3 is 2.50 bits per heavy atom. The number of aromatic nitrogens is 1. The van der Waals surface area contributed by atoms with Crippen molar-refractivity contribution in [1.82, 2.24) is 10.3 Å². The van der Waals surface area contributed by atoms with Crippen molar-refractivity contribution in [3.05, 3.63) is 101 Å². The monoisotopic (exact) mass is 447 g/mol. The number of hydrogen-bond acceptors (Lipinski definition) is 6. The molecule has 2 aromatic carbocycles. The predicted molar refractivity (Wildman–Crippen MR) is 122 cm³/mol. The molecule has 0 fully saturated rings. The zero-order valence-electron chi connectivity index (χ0n) is 17.1. The summed E-state index contributed by atoms with van der Waals surface area (Å²) in [5.41, 5.74) is 2.64. The largest absolute Gasteiger partial charge is 0.489 e. The van der Waals surface area contributed by atoms with Gasteiger partial charge in [0.1, 0.15) is 12.4 Å². The summed E-state index contributed by atoms with van der Waals surface area (Å²) in [4.78, 5) is 28.5. The molecule has 0 unspecified atom stereocenters. The first-order valence-corrected chi connectivity index (χ1v) is 10.9. The van der Waals surface area contributed by atoms with Gasteiger partial charge in [-0.1, -0.05) is 42.5 Å². The first-order valence-electron chi connectivity index (χ1n) is 9.97. The number of benzene rings is 2. The van der Waals surface area contributed by atoms with Crippen molar-refractivity contribution in [2.45, 2.75) is 19.6 Å². The molecule has 0 aliphatic rings. The van der Waals surface area contributed by atoms with Gasteiger partial charge >= 0.3 is 0 Å². The van der Waals surface area contributed by atoms with Crippen LogP contribution in [0, 0.1) is 0 Å². The number of ether oxygens (including phenoxy) is 1. The molecule has 0 aliphatic carbocycles. The van der Waals surface area contributed by atoms with E-state index in [9.17, 15) is 9.59 Å². The highest BCUT2D eigenvalue weighted by Gasteiger charge is 2.13. The Bertz CT molecular complexity index is 1160. The second-order valence-electron chi connectivity index (χ2n) is 6.95. The van der Waals surface area contributed by atoms with Crippen LogP contribution in [0.2, 0.25) is 0 Å². The molecule has 2 amide bonds. The smallest absolute Gasteiger partial charge is 0.293 e. The first-order chi connectivity index (χ1) is 15.7. The minimum atomic E-state index is -0.377. The Kier molecular flexibility index (Phi) is 6.94. The molecule has 0 saturated heterocycles. The second-order valence-corrected chi connectivity index (χ2v) is 7.81. The van der Waals surface area contributed by atoms with Gasteiger partial charge in [-0.25, -0.2) is 4.98 Å². The quantitative estimate of drug-likeness (QED) is 0.396. The standard InChI is InChI=1S/C24H21N3O4S/c28-22(13-19-16-32-24(26-19)27-23(29)21-7-4-12-30-21)25-14-17-8-10-18(11-9-17)15-31-20-5-2-1-3-6-20/h1-12,16H,13-15H2,(H,25,28)(H,26,27,29). The van der Waals surface area contributed by atoms with Gasteiger partial charge in [0.2, 0.25) is 5.91 Å². The van der Waals surface area contributed by atoms with Crippen LogP contribution in [0.25, 0.3) is 0 Å². The van der Waals surface area contributed by atoms with Crippen LogP contribution in [-0.4, -0.2) is 16.8 Å². The zero-order chi connectivity index (χ0) is 22.2. The number of carbonyl (C=O) groups excluding carboxylic acids is 2. The number of carbonyl (C=O) groups is 2. The molecule has 7 nitrogen and oxygen atoms in total. The Morgan fingerprint density at radius 2 is 1.75 bits per heavy atom. The summed E-state index contributed by atoms with van der Waals surface area (Å²) in [6, 6.07) is 20.8. The number of nitrogens with one attached hydrogen (secondary N) is 2. The van der Waals surface area contributed by atoms with Gasteiger partial charge in [0, 0.05) is 11.9 Å². The van der Waals surface area contributed by atoms with Gasteiger partial charge < -0.3 is 14.5 Å². The lowest BCUT2D eigenvalue weighted by atomic mass is 10.1. The van der Waals surface area contributed by atoms with Gasteiger partial charge in [0.15, 0.2) is 10.9 Å². The number of hydrogen-bond donors (Lipinski definition) is 2. The van der Waals surface area contributed by atoms with Crippen LogP contribution in [0.15, 0.2) is 82.8 Å². The highest BCUT2D eigenvalue weighted by molar-refractivity contribution is 7.14. The normalized spacial score (nSPS) is 10.5. The fourth-order valence-corrected chi connectivity index (χ4v) is 3.58. The minimum Gasteiger partial charge on any atom is -0.489 e. The molecule has 32 heavy (non-hydrogen) atoms. The number of furan rings is 1. The summed E-state index contributed by atoms with van der Waals surface area (Å²) < 4.78 is 10.8. The summed E-state index contributed by atoms with van der Waals surface area (Å²) >= 11 is 1.26. The number of anilines is 1. The zero-order valence-corrected chi connectivity index (χ0v) is 17.9. The SMILES string of the molecule is O=C(Cc1csc(NC(=O)c2ccco2)n1)NCc1ccc(COc2ccccc2)cc1. The van der Waals surface area contributed by atoms with E-state index in [1.54, 1.807) is 17.5 Å². The molecule has 0 atom stereocenters. The van der Waals surface area contributed by atoms with E-state index in [4.69, 9.17) is 9.15 Å². The van der Waals surface area contributed by atoms with Crippen molar-refractivity contribution in [3.8, 4) is 5.75 Å². The van der Waals surface area contributed by atoms with Gasteiger partial charge in [-0.2, -0.15) is 0 Å². The Hall–Kier alpha value is -3.91. The van der Waals surface area contributed by atoms with E-state index in [1.165, 1.54) is 17.6 Å². The highest BCUT2D eigenvalue weighted by Crippen LogP contribution is 2.17. The average Bonchev–Trinajstić information content (AvgIpc) is 3.50. The second kappa shape index (κ2) is 10.4. The maximum atomic E-state index is 12.3. The molecule has 8 heteroatoms. The molecule has 0 radical (unpaired) electrons. The van der Waals surface area contributed by atoms with E-state index < -0.39 is 0 Å². The van der Waals surface area contributed by atoms with E-state index in [1.807, 2.05) is 54.6 Å². The number of rotatable bonds is 9. The van der Waals surface area contributed by atoms with Gasteiger partial charge in [0.25, 0.3) is 5.91 Å². The maximum absolute atomic E-state index is 12.3. The minimum absolute atomic E-state index is 0.135. The van der Waals surface area contributed by atoms with Crippen LogP contribution in [-0.2, 0) is 24.4 Å². The van der Waals surface area contributed by atoms with Gasteiger partial charge in [-0.3, -0.25) is 14.9 Å². The lowest BCUT2D eigenvalue weighted by Crippen LogP contribution is -2.24. The van der Waals surface area contributed by atoms with Crippen molar-refractivity contribution in [3.63, 3.8) is 0 Å². The first kappa shape index (κ1) is 21.3.